The summed E-state index contributed by atoms with van der Waals surface area (Å²) in [5.74, 6) is 2.08. The standard InChI is InChI=1S/C38H39F6N7O2/c1-24-45-22-32(53-24)23-51-34-10-6-5-9-33(34)48-35(51)46-28-11-14-49(15-12-28)30-13-16-50(31(21-30)17-25-7-3-2-4-8-25)36(52)47-29-19-26(37(39,40)41)18-27(20-29)38(42,43)44/h2-10,18-20,22,28,30-31H,11-17,21,23H2,1H3,(H,46,48)(H,47,52)/t30-,31+/m0/s1. The van der Waals surface area contributed by atoms with E-state index in [9.17, 15) is 31.1 Å². The second-order valence-electron chi connectivity index (χ2n) is 13.8. The van der Waals surface area contributed by atoms with Gasteiger partial charge in [-0.2, -0.15) is 26.3 Å². The molecule has 3 aromatic carbocycles. The molecule has 0 radical (unpaired) electrons. The van der Waals surface area contributed by atoms with E-state index in [2.05, 4.69) is 25.1 Å². The Morgan fingerprint density at radius 2 is 1.57 bits per heavy atom. The lowest BCUT2D eigenvalue weighted by Crippen LogP contribution is -2.55. The number of rotatable bonds is 8. The van der Waals surface area contributed by atoms with Crippen LogP contribution in [0, 0.1) is 6.92 Å². The van der Waals surface area contributed by atoms with Crippen molar-refractivity contribution in [2.45, 2.75) is 76.1 Å². The van der Waals surface area contributed by atoms with Gasteiger partial charge in [0, 0.05) is 50.4 Å². The number of piperidine rings is 2. The molecule has 0 unspecified atom stereocenters. The van der Waals surface area contributed by atoms with Gasteiger partial charge in [0.15, 0.2) is 5.89 Å². The lowest BCUT2D eigenvalue weighted by Gasteiger charge is -2.45. The average Bonchev–Trinajstić information content (AvgIpc) is 3.70. The van der Waals surface area contributed by atoms with E-state index < -0.39 is 35.2 Å². The maximum absolute atomic E-state index is 13.6. The van der Waals surface area contributed by atoms with Crippen molar-refractivity contribution in [3.63, 3.8) is 0 Å². The summed E-state index contributed by atoms with van der Waals surface area (Å²) >= 11 is 0. The van der Waals surface area contributed by atoms with Crippen LogP contribution in [0.5, 0.6) is 0 Å². The lowest BCUT2D eigenvalue weighted by atomic mass is 9.90. The van der Waals surface area contributed by atoms with Crippen LogP contribution in [-0.2, 0) is 25.3 Å². The number of hydrogen-bond donors (Lipinski definition) is 2. The van der Waals surface area contributed by atoms with Crippen molar-refractivity contribution in [2.75, 3.05) is 30.3 Å². The highest BCUT2D eigenvalue weighted by molar-refractivity contribution is 5.90. The van der Waals surface area contributed by atoms with Gasteiger partial charge in [0.2, 0.25) is 5.95 Å². The molecule has 53 heavy (non-hydrogen) atoms. The summed E-state index contributed by atoms with van der Waals surface area (Å²) in [6.45, 7) is 4.19. The Balaban J connectivity index is 1.03. The minimum atomic E-state index is -5.02. The number of fused-ring (bicyclic) bond motifs is 1. The molecule has 2 aliphatic rings. The molecule has 0 aliphatic carbocycles. The number of amides is 2. The first-order valence-corrected chi connectivity index (χ1v) is 17.6. The molecule has 2 aromatic heterocycles. The summed E-state index contributed by atoms with van der Waals surface area (Å²) in [5.41, 5.74) is -0.699. The maximum atomic E-state index is 13.6. The van der Waals surface area contributed by atoms with Gasteiger partial charge in [0.25, 0.3) is 0 Å². The van der Waals surface area contributed by atoms with Crippen LogP contribution in [0.4, 0.5) is 42.8 Å². The summed E-state index contributed by atoms with van der Waals surface area (Å²) in [7, 11) is 0. The van der Waals surface area contributed by atoms with Crippen molar-refractivity contribution in [3.8, 4) is 0 Å². The van der Waals surface area contributed by atoms with Crippen LogP contribution in [0.15, 0.2) is 83.4 Å². The molecule has 15 heteroatoms. The molecule has 2 N–H and O–H groups in total. The molecular formula is C38H39F6N7O2. The van der Waals surface area contributed by atoms with Gasteiger partial charge in [-0.25, -0.2) is 14.8 Å². The van der Waals surface area contributed by atoms with Crippen molar-refractivity contribution in [2.24, 2.45) is 0 Å². The first-order valence-electron chi connectivity index (χ1n) is 17.6. The van der Waals surface area contributed by atoms with Crippen molar-refractivity contribution in [1.82, 2.24) is 24.3 Å². The summed E-state index contributed by atoms with van der Waals surface area (Å²) < 4.78 is 89.0. The van der Waals surface area contributed by atoms with Gasteiger partial charge in [-0.15, -0.1) is 0 Å². The molecule has 2 amide bonds. The number of urea groups is 1. The fourth-order valence-electron chi connectivity index (χ4n) is 7.50. The van der Waals surface area contributed by atoms with Gasteiger partial charge in [-0.05, 0) is 68.0 Å². The number of hydrogen-bond acceptors (Lipinski definition) is 6. The quantitative estimate of drug-likeness (QED) is 0.155. The molecular weight excluding hydrogens is 700 g/mol. The number of nitrogens with one attached hydrogen (secondary N) is 2. The average molecular weight is 740 g/mol. The van der Waals surface area contributed by atoms with Crippen molar-refractivity contribution in [3.05, 3.63) is 107 Å². The number of likely N-dealkylation sites (tertiary alicyclic amines) is 2. The van der Waals surface area contributed by atoms with Crippen molar-refractivity contribution in [1.29, 1.82) is 0 Å². The van der Waals surface area contributed by atoms with Gasteiger partial charge in [-0.3, -0.25) is 0 Å². The van der Waals surface area contributed by atoms with Crippen LogP contribution in [0.1, 0.15) is 54.0 Å². The number of nitrogens with zero attached hydrogens (tertiary/aromatic N) is 5. The van der Waals surface area contributed by atoms with E-state index >= 15 is 0 Å². The number of alkyl halides is 6. The molecule has 7 rings (SSSR count). The third kappa shape index (κ3) is 8.45. The fraction of sp³-hybridized carbons (Fsp3) is 0.395. The van der Waals surface area contributed by atoms with Crippen LogP contribution < -0.4 is 10.6 Å². The molecule has 0 saturated carbocycles. The van der Waals surface area contributed by atoms with Gasteiger partial charge in [-0.1, -0.05) is 42.5 Å². The molecule has 4 heterocycles. The van der Waals surface area contributed by atoms with Crippen LogP contribution >= 0.6 is 0 Å². The molecule has 2 fully saturated rings. The smallest absolute Gasteiger partial charge is 0.416 e. The number of carbonyl (C=O) groups excluding carboxylic acids is 1. The summed E-state index contributed by atoms with van der Waals surface area (Å²) in [4.78, 5) is 26.7. The third-order valence-corrected chi connectivity index (χ3v) is 10.1. The van der Waals surface area contributed by atoms with Crippen molar-refractivity contribution < 1.29 is 35.6 Å². The van der Waals surface area contributed by atoms with Gasteiger partial charge in [0.05, 0.1) is 34.9 Å². The monoisotopic (exact) mass is 739 g/mol. The largest absolute Gasteiger partial charge is 0.444 e. The lowest BCUT2D eigenvalue weighted by molar-refractivity contribution is -0.143. The van der Waals surface area contributed by atoms with Crippen molar-refractivity contribution >= 4 is 28.7 Å². The Morgan fingerprint density at radius 1 is 0.887 bits per heavy atom. The summed E-state index contributed by atoms with van der Waals surface area (Å²) in [5, 5.41) is 6.02. The third-order valence-electron chi connectivity index (χ3n) is 10.1. The Kier molecular flexibility index (Phi) is 10.1. The molecule has 5 aromatic rings. The minimum Gasteiger partial charge on any atom is -0.444 e. The number of aryl methyl sites for hydroxylation is 1. The van der Waals surface area contributed by atoms with Gasteiger partial charge >= 0.3 is 18.4 Å². The Bertz CT molecular complexity index is 2000. The predicted octanol–water partition coefficient (Wildman–Crippen LogP) is 8.60. The van der Waals surface area contributed by atoms with E-state index in [4.69, 9.17) is 9.40 Å². The highest BCUT2D eigenvalue weighted by Gasteiger charge is 2.39. The van der Waals surface area contributed by atoms with E-state index in [0.29, 0.717) is 50.4 Å². The van der Waals surface area contributed by atoms with E-state index in [1.807, 2.05) is 61.5 Å². The van der Waals surface area contributed by atoms with E-state index in [1.54, 1.807) is 11.1 Å². The van der Waals surface area contributed by atoms with E-state index in [0.717, 1.165) is 54.2 Å². The molecule has 0 bridgehead atoms. The highest BCUT2D eigenvalue weighted by atomic mass is 19.4. The minimum absolute atomic E-state index is 0.0493. The predicted molar refractivity (Wildman–Crippen MR) is 187 cm³/mol. The second-order valence-corrected chi connectivity index (χ2v) is 13.8. The molecule has 280 valence electrons. The van der Waals surface area contributed by atoms with Gasteiger partial charge < -0.3 is 29.4 Å². The number of halogens is 6. The zero-order chi connectivity index (χ0) is 37.3. The number of oxazole rings is 1. The van der Waals surface area contributed by atoms with Crippen LogP contribution in [-0.4, -0.2) is 68.1 Å². The normalized spacial score (nSPS) is 19.1. The van der Waals surface area contributed by atoms with Crippen LogP contribution in [0.25, 0.3) is 11.0 Å². The Labute approximate surface area is 302 Å². The number of para-hydroxylation sites is 2. The number of imidazole rings is 1. The highest BCUT2D eigenvalue weighted by Crippen LogP contribution is 2.38. The summed E-state index contributed by atoms with van der Waals surface area (Å²) in [6, 6.07) is 17.8. The number of anilines is 2. The first-order chi connectivity index (χ1) is 25.3. The van der Waals surface area contributed by atoms with E-state index in [1.165, 1.54) is 0 Å². The topological polar surface area (TPSA) is 91.5 Å². The molecule has 2 aliphatic heterocycles. The maximum Gasteiger partial charge on any atom is 0.416 e. The molecule has 0 spiro atoms. The van der Waals surface area contributed by atoms with Crippen LogP contribution in [0.2, 0.25) is 0 Å². The molecule has 2 atom stereocenters. The SMILES string of the molecule is Cc1ncc(Cn2c(NC3CCN([C@H]4CCN(C(=O)Nc5cc(C(F)(F)F)cc(C(F)(F)F)c5)[C@H](Cc5ccccc5)C4)CC3)nc3ccccc32)o1. The van der Waals surface area contributed by atoms with Gasteiger partial charge in [0.1, 0.15) is 5.76 Å². The zero-order valence-electron chi connectivity index (χ0n) is 28.9. The first kappa shape index (κ1) is 36.3. The zero-order valence-corrected chi connectivity index (χ0v) is 28.9. The molecule has 9 nitrogen and oxygen atoms in total. The summed E-state index contributed by atoms with van der Waals surface area (Å²) in [6.07, 6.45) is -4.92. The fourth-order valence-corrected chi connectivity index (χ4v) is 7.50. The van der Waals surface area contributed by atoms with E-state index in [-0.39, 0.29) is 24.2 Å². The molecule has 2 saturated heterocycles. The number of benzene rings is 3. The number of carbonyl (C=O) groups is 1. The Hall–Kier alpha value is -5.05. The number of aromatic nitrogens is 3. The van der Waals surface area contributed by atoms with Crippen LogP contribution in [0.3, 0.4) is 0 Å². The second kappa shape index (κ2) is 14.8. The Morgan fingerprint density at radius 3 is 2.23 bits per heavy atom.